The third-order valence-corrected chi connectivity index (χ3v) is 2.98. The number of benzene rings is 1. The molecule has 0 heterocycles. The molecule has 0 unspecified atom stereocenters. The van der Waals surface area contributed by atoms with Crippen molar-refractivity contribution in [3.63, 3.8) is 0 Å². The van der Waals surface area contributed by atoms with Crippen LogP contribution in [0, 0.1) is 12.3 Å². The van der Waals surface area contributed by atoms with E-state index in [1.165, 1.54) is 5.56 Å². The zero-order chi connectivity index (χ0) is 11.5. The Hall–Kier alpha value is -0.530. The number of nitrogens with one attached hydrogen (secondary N) is 1. The lowest BCUT2D eigenvalue weighted by Gasteiger charge is -2.24. The van der Waals surface area contributed by atoms with Gasteiger partial charge < -0.3 is 5.32 Å². The summed E-state index contributed by atoms with van der Waals surface area (Å²) in [6.07, 6.45) is 1.08. The second-order valence-electron chi connectivity index (χ2n) is 4.95. The molecule has 1 aromatic rings. The quantitative estimate of drug-likeness (QED) is 0.828. The average Bonchev–Trinajstić information content (AvgIpc) is 2.10. The van der Waals surface area contributed by atoms with E-state index >= 15 is 0 Å². The van der Waals surface area contributed by atoms with Crippen LogP contribution in [0.4, 0.5) is 0 Å². The van der Waals surface area contributed by atoms with Crippen LogP contribution in [0.5, 0.6) is 0 Å². The average molecular weight is 226 g/mol. The number of halogens is 1. The third kappa shape index (κ3) is 3.84. The van der Waals surface area contributed by atoms with Crippen LogP contribution in [0.25, 0.3) is 0 Å². The van der Waals surface area contributed by atoms with Crippen molar-refractivity contribution in [1.82, 2.24) is 5.32 Å². The maximum Gasteiger partial charge on any atom is 0.0435 e. The third-order valence-electron chi connectivity index (χ3n) is 2.56. The van der Waals surface area contributed by atoms with Gasteiger partial charge in [0.05, 0.1) is 0 Å². The van der Waals surface area contributed by atoms with Crippen LogP contribution in [0.3, 0.4) is 0 Å². The maximum absolute atomic E-state index is 6.00. The van der Waals surface area contributed by atoms with Crippen LogP contribution in [-0.2, 0) is 6.42 Å². The molecule has 0 radical (unpaired) electrons. The Morgan fingerprint density at radius 2 is 2.00 bits per heavy atom. The molecule has 0 fully saturated rings. The molecule has 0 aliphatic heterocycles. The number of hydrogen-bond donors (Lipinski definition) is 1. The maximum atomic E-state index is 6.00. The van der Waals surface area contributed by atoms with Gasteiger partial charge in [0, 0.05) is 11.6 Å². The second kappa shape index (κ2) is 5.00. The summed E-state index contributed by atoms with van der Waals surface area (Å²) in [6.45, 7) is 7.62. The van der Waals surface area contributed by atoms with Crippen LogP contribution in [0.2, 0.25) is 5.02 Å². The zero-order valence-electron chi connectivity index (χ0n) is 10.0. The van der Waals surface area contributed by atoms with Gasteiger partial charge in [-0.2, -0.15) is 0 Å². The molecule has 1 N–H and O–H groups in total. The molecule has 1 rings (SSSR count). The Morgan fingerprint density at radius 3 is 2.53 bits per heavy atom. The SMILES string of the molecule is CNCC(C)(C)Cc1ccc(Cl)c(C)c1. The summed E-state index contributed by atoms with van der Waals surface area (Å²) in [4.78, 5) is 0. The monoisotopic (exact) mass is 225 g/mol. The molecule has 0 aliphatic carbocycles. The molecule has 15 heavy (non-hydrogen) atoms. The molecule has 0 spiro atoms. The van der Waals surface area contributed by atoms with Gasteiger partial charge in [-0.3, -0.25) is 0 Å². The normalized spacial score (nSPS) is 11.8. The van der Waals surface area contributed by atoms with Gasteiger partial charge in [0.25, 0.3) is 0 Å². The topological polar surface area (TPSA) is 12.0 Å². The Morgan fingerprint density at radius 1 is 1.33 bits per heavy atom. The first-order valence-corrected chi connectivity index (χ1v) is 5.72. The smallest absolute Gasteiger partial charge is 0.0435 e. The Bertz CT molecular complexity index is 331. The summed E-state index contributed by atoms with van der Waals surface area (Å²) >= 11 is 6.00. The Labute approximate surface area is 97.8 Å². The highest BCUT2D eigenvalue weighted by Crippen LogP contribution is 2.23. The fourth-order valence-corrected chi connectivity index (χ4v) is 2.03. The van der Waals surface area contributed by atoms with Crippen LogP contribution in [0.15, 0.2) is 18.2 Å². The molecule has 1 nitrogen and oxygen atoms in total. The molecular formula is C13H20ClN. The molecule has 0 amide bonds. The fraction of sp³-hybridized carbons (Fsp3) is 0.538. The van der Waals surface area contributed by atoms with Crippen molar-refractivity contribution in [2.24, 2.45) is 5.41 Å². The highest BCUT2D eigenvalue weighted by molar-refractivity contribution is 6.31. The van der Waals surface area contributed by atoms with Gasteiger partial charge >= 0.3 is 0 Å². The molecule has 0 aliphatic rings. The predicted octanol–water partition coefficient (Wildman–Crippen LogP) is 3.44. The van der Waals surface area contributed by atoms with Crippen molar-refractivity contribution >= 4 is 11.6 Å². The van der Waals surface area contributed by atoms with E-state index in [0.29, 0.717) is 0 Å². The molecule has 0 atom stereocenters. The van der Waals surface area contributed by atoms with E-state index in [9.17, 15) is 0 Å². The standard InChI is InChI=1S/C13H20ClN/c1-10-7-11(5-6-12(10)14)8-13(2,3)9-15-4/h5-7,15H,8-9H2,1-4H3. The number of aryl methyl sites for hydroxylation is 1. The molecule has 0 aromatic heterocycles. The highest BCUT2D eigenvalue weighted by atomic mass is 35.5. The van der Waals surface area contributed by atoms with Crippen molar-refractivity contribution in [2.45, 2.75) is 27.2 Å². The predicted molar refractivity (Wildman–Crippen MR) is 67.6 cm³/mol. The second-order valence-corrected chi connectivity index (χ2v) is 5.36. The Balaban J connectivity index is 2.76. The molecule has 84 valence electrons. The van der Waals surface area contributed by atoms with Crippen LogP contribution < -0.4 is 5.32 Å². The van der Waals surface area contributed by atoms with Crippen molar-refractivity contribution in [2.75, 3.05) is 13.6 Å². The van der Waals surface area contributed by atoms with E-state index in [4.69, 9.17) is 11.6 Å². The van der Waals surface area contributed by atoms with Crippen molar-refractivity contribution in [1.29, 1.82) is 0 Å². The van der Waals surface area contributed by atoms with Crippen molar-refractivity contribution < 1.29 is 0 Å². The summed E-state index contributed by atoms with van der Waals surface area (Å²) in [6, 6.07) is 6.29. The van der Waals surface area contributed by atoms with E-state index in [2.05, 4.69) is 38.2 Å². The molecule has 1 aromatic carbocycles. The first-order chi connectivity index (χ1) is 6.94. The molecular weight excluding hydrogens is 206 g/mol. The van der Waals surface area contributed by atoms with E-state index in [0.717, 1.165) is 23.6 Å². The highest BCUT2D eigenvalue weighted by Gasteiger charge is 2.17. The molecule has 0 bridgehead atoms. The molecule has 2 heteroatoms. The van der Waals surface area contributed by atoms with Crippen molar-refractivity contribution in [3.05, 3.63) is 34.3 Å². The van der Waals surface area contributed by atoms with Gasteiger partial charge in [0.2, 0.25) is 0 Å². The minimum absolute atomic E-state index is 0.287. The first kappa shape index (κ1) is 12.5. The number of hydrogen-bond acceptors (Lipinski definition) is 1. The van der Waals surface area contributed by atoms with Gasteiger partial charge in [-0.1, -0.05) is 37.6 Å². The summed E-state index contributed by atoms with van der Waals surface area (Å²) in [5.41, 5.74) is 2.81. The van der Waals surface area contributed by atoms with Gasteiger partial charge in [0.15, 0.2) is 0 Å². The first-order valence-electron chi connectivity index (χ1n) is 5.34. The Kier molecular flexibility index (Phi) is 4.18. The minimum atomic E-state index is 0.287. The van der Waals surface area contributed by atoms with Crippen LogP contribution in [0.1, 0.15) is 25.0 Å². The van der Waals surface area contributed by atoms with E-state index in [-0.39, 0.29) is 5.41 Å². The van der Waals surface area contributed by atoms with Crippen LogP contribution >= 0.6 is 11.6 Å². The van der Waals surface area contributed by atoms with E-state index in [1.54, 1.807) is 0 Å². The fourth-order valence-electron chi connectivity index (χ4n) is 1.91. The van der Waals surface area contributed by atoms with Gasteiger partial charge in [-0.15, -0.1) is 0 Å². The molecule has 0 saturated heterocycles. The van der Waals surface area contributed by atoms with E-state index in [1.807, 2.05) is 13.1 Å². The molecule has 0 saturated carbocycles. The summed E-state index contributed by atoms with van der Waals surface area (Å²) < 4.78 is 0. The van der Waals surface area contributed by atoms with Gasteiger partial charge in [-0.25, -0.2) is 0 Å². The summed E-state index contributed by atoms with van der Waals surface area (Å²) in [5, 5.41) is 4.08. The lowest BCUT2D eigenvalue weighted by molar-refractivity contribution is 0.350. The lowest BCUT2D eigenvalue weighted by Crippen LogP contribution is -2.28. The van der Waals surface area contributed by atoms with Crippen LogP contribution in [-0.4, -0.2) is 13.6 Å². The van der Waals surface area contributed by atoms with E-state index < -0.39 is 0 Å². The number of rotatable bonds is 4. The zero-order valence-corrected chi connectivity index (χ0v) is 10.8. The minimum Gasteiger partial charge on any atom is -0.319 e. The lowest BCUT2D eigenvalue weighted by atomic mass is 9.85. The van der Waals surface area contributed by atoms with Crippen molar-refractivity contribution in [3.8, 4) is 0 Å². The summed E-state index contributed by atoms with van der Waals surface area (Å²) in [5.74, 6) is 0. The van der Waals surface area contributed by atoms with Gasteiger partial charge in [-0.05, 0) is 43.0 Å². The summed E-state index contributed by atoms with van der Waals surface area (Å²) in [7, 11) is 1.99. The van der Waals surface area contributed by atoms with Gasteiger partial charge in [0.1, 0.15) is 0 Å². The largest absolute Gasteiger partial charge is 0.319 e.